The predicted octanol–water partition coefficient (Wildman–Crippen LogP) is 3.33. The van der Waals surface area contributed by atoms with Crippen LogP contribution in [0.25, 0.3) is 11.3 Å². The molecular formula is C23H25ClN4O5S. The number of benzene rings is 2. The van der Waals surface area contributed by atoms with E-state index >= 15 is 0 Å². The number of piperazine rings is 1. The number of hydrogen-bond donors (Lipinski definition) is 0. The van der Waals surface area contributed by atoms with E-state index in [9.17, 15) is 8.42 Å². The average molecular weight is 505 g/mol. The minimum Gasteiger partial charge on any atom is -0.493 e. The molecule has 0 amide bonds. The number of methoxy groups -OCH3 is 3. The first-order valence-corrected chi connectivity index (χ1v) is 12.3. The van der Waals surface area contributed by atoms with Crippen molar-refractivity contribution in [2.45, 2.75) is 4.90 Å². The Bertz CT molecular complexity index is 1240. The van der Waals surface area contributed by atoms with E-state index < -0.39 is 10.0 Å². The van der Waals surface area contributed by atoms with E-state index in [1.54, 1.807) is 39.5 Å². The van der Waals surface area contributed by atoms with Gasteiger partial charge in [-0.3, -0.25) is 0 Å². The standard InChI is InChI=1S/C23H25ClN4O5S/c1-31-19-14-16(15-20(32-2)23(19)33-3)18-8-9-22(26-25-18)27-10-12-28(13-11-27)34(29,30)21-7-5-4-6-17(21)24/h4-9,14-15H,10-13H2,1-3H3. The second kappa shape index (κ2) is 10.0. The molecule has 1 aromatic heterocycles. The van der Waals surface area contributed by atoms with Crippen LogP contribution in [0.3, 0.4) is 0 Å². The van der Waals surface area contributed by atoms with Crippen LogP contribution in [-0.2, 0) is 10.0 Å². The van der Waals surface area contributed by atoms with Crippen LogP contribution in [0, 0.1) is 0 Å². The molecule has 11 heteroatoms. The lowest BCUT2D eigenvalue weighted by Crippen LogP contribution is -2.49. The summed E-state index contributed by atoms with van der Waals surface area (Å²) < 4.78 is 43.6. The van der Waals surface area contributed by atoms with E-state index in [0.717, 1.165) is 5.56 Å². The van der Waals surface area contributed by atoms with Crippen molar-refractivity contribution in [1.29, 1.82) is 0 Å². The van der Waals surface area contributed by atoms with Crippen molar-refractivity contribution in [1.82, 2.24) is 14.5 Å². The van der Waals surface area contributed by atoms with Gasteiger partial charge >= 0.3 is 0 Å². The molecule has 0 N–H and O–H groups in total. The summed E-state index contributed by atoms with van der Waals surface area (Å²) in [6.07, 6.45) is 0. The third-order valence-corrected chi connectivity index (χ3v) is 8.03. The van der Waals surface area contributed by atoms with Gasteiger partial charge in [-0.05, 0) is 36.4 Å². The quantitative estimate of drug-likeness (QED) is 0.483. The molecule has 9 nitrogen and oxygen atoms in total. The summed E-state index contributed by atoms with van der Waals surface area (Å²) >= 11 is 6.12. The Kier molecular flexibility index (Phi) is 7.11. The highest BCUT2D eigenvalue weighted by molar-refractivity contribution is 7.89. The predicted molar refractivity (Wildman–Crippen MR) is 130 cm³/mol. The number of ether oxygens (including phenoxy) is 3. The Morgan fingerprint density at radius 3 is 2.03 bits per heavy atom. The molecule has 1 aliphatic rings. The molecule has 3 aromatic rings. The monoisotopic (exact) mass is 504 g/mol. The largest absolute Gasteiger partial charge is 0.493 e. The van der Waals surface area contributed by atoms with Crippen LogP contribution < -0.4 is 19.1 Å². The molecule has 4 rings (SSSR count). The molecule has 0 unspecified atom stereocenters. The van der Waals surface area contributed by atoms with Crippen LogP contribution in [0.1, 0.15) is 0 Å². The highest BCUT2D eigenvalue weighted by atomic mass is 35.5. The number of halogens is 1. The zero-order valence-corrected chi connectivity index (χ0v) is 20.6. The first kappa shape index (κ1) is 24.1. The minimum absolute atomic E-state index is 0.125. The molecule has 1 aliphatic heterocycles. The zero-order valence-electron chi connectivity index (χ0n) is 19.1. The van der Waals surface area contributed by atoms with E-state index in [1.807, 2.05) is 29.2 Å². The number of nitrogens with zero attached hydrogens (tertiary/aromatic N) is 4. The summed E-state index contributed by atoms with van der Waals surface area (Å²) in [5, 5.41) is 8.95. The van der Waals surface area contributed by atoms with Gasteiger partial charge in [0, 0.05) is 31.7 Å². The van der Waals surface area contributed by atoms with E-state index in [4.69, 9.17) is 25.8 Å². The number of sulfonamides is 1. The van der Waals surface area contributed by atoms with Gasteiger partial charge in [-0.25, -0.2) is 8.42 Å². The van der Waals surface area contributed by atoms with Gasteiger partial charge in [-0.2, -0.15) is 4.31 Å². The van der Waals surface area contributed by atoms with Crippen molar-refractivity contribution >= 4 is 27.4 Å². The van der Waals surface area contributed by atoms with Crippen molar-refractivity contribution in [3.8, 4) is 28.5 Å². The molecule has 1 fully saturated rings. The van der Waals surface area contributed by atoms with E-state index in [2.05, 4.69) is 10.2 Å². The van der Waals surface area contributed by atoms with E-state index in [0.29, 0.717) is 54.9 Å². The van der Waals surface area contributed by atoms with Gasteiger partial charge in [0.25, 0.3) is 0 Å². The Morgan fingerprint density at radius 2 is 1.50 bits per heavy atom. The minimum atomic E-state index is -3.66. The second-order valence-corrected chi connectivity index (χ2v) is 9.83. The zero-order chi connectivity index (χ0) is 24.3. The Hall–Kier alpha value is -3.08. The summed E-state index contributed by atoms with van der Waals surface area (Å²) in [6.45, 7) is 1.62. The molecular weight excluding hydrogens is 480 g/mol. The third-order valence-electron chi connectivity index (χ3n) is 5.63. The lowest BCUT2D eigenvalue weighted by Gasteiger charge is -2.34. The average Bonchev–Trinajstić information content (AvgIpc) is 2.88. The van der Waals surface area contributed by atoms with Crippen molar-refractivity contribution in [2.75, 3.05) is 52.4 Å². The maximum Gasteiger partial charge on any atom is 0.244 e. The molecule has 0 aliphatic carbocycles. The van der Waals surface area contributed by atoms with Crippen LogP contribution in [0.5, 0.6) is 17.2 Å². The summed E-state index contributed by atoms with van der Waals surface area (Å²) in [5.41, 5.74) is 1.41. The van der Waals surface area contributed by atoms with Crippen molar-refractivity contribution < 1.29 is 22.6 Å². The van der Waals surface area contributed by atoms with Crippen LogP contribution in [0.4, 0.5) is 5.82 Å². The second-order valence-electron chi connectivity index (χ2n) is 7.51. The topological polar surface area (TPSA) is 94.1 Å². The van der Waals surface area contributed by atoms with Gasteiger partial charge in [0.1, 0.15) is 4.90 Å². The molecule has 1 saturated heterocycles. The first-order chi connectivity index (χ1) is 16.4. The third kappa shape index (κ3) is 4.61. The van der Waals surface area contributed by atoms with Gasteiger partial charge in [0.15, 0.2) is 17.3 Å². The molecule has 0 radical (unpaired) electrons. The maximum atomic E-state index is 13.0. The van der Waals surface area contributed by atoms with Gasteiger partial charge in [-0.1, -0.05) is 23.7 Å². The van der Waals surface area contributed by atoms with Gasteiger partial charge in [0.05, 0.1) is 32.0 Å². The summed E-state index contributed by atoms with van der Waals surface area (Å²) in [6, 6.07) is 13.8. The summed E-state index contributed by atoms with van der Waals surface area (Å²) in [5.74, 6) is 2.23. The van der Waals surface area contributed by atoms with E-state index in [-0.39, 0.29) is 9.92 Å². The fraction of sp³-hybridized carbons (Fsp3) is 0.304. The molecule has 2 aromatic carbocycles. The Balaban J connectivity index is 1.49. The van der Waals surface area contributed by atoms with Crippen molar-refractivity contribution in [2.24, 2.45) is 0 Å². The number of rotatable bonds is 7. The Labute approximate surface area is 203 Å². The van der Waals surface area contributed by atoms with Crippen LogP contribution >= 0.6 is 11.6 Å². The van der Waals surface area contributed by atoms with Gasteiger partial charge < -0.3 is 19.1 Å². The van der Waals surface area contributed by atoms with Gasteiger partial charge in [-0.15, -0.1) is 10.2 Å². The lowest BCUT2D eigenvalue weighted by molar-refractivity contribution is 0.324. The molecule has 0 atom stereocenters. The molecule has 0 spiro atoms. The highest BCUT2D eigenvalue weighted by Crippen LogP contribution is 2.40. The maximum absolute atomic E-state index is 13.0. The smallest absolute Gasteiger partial charge is 0.244 e. The molecule has 0 saturated carbocycles. The molecule has 180 valence electrons. The first-order valence-electron chi connectivity index (χ1n) is 10.5. The fourth-order valence-corrected chi connectivity index (χ4v) is 5.74. The van der Waals surface area contributed by atoms with Crippen LogP contribution in [0.15, 0.2) is 53.4 Å². The number of hydrogen-bond acceptors (Lipinski definition) is 8. The van der Waals surface area contributed by atoms with Crippen LogP contribution in [-0.4, -0.2) is 70.4 Å². The van der Waals surface area contributed by atoms with E-state index in [1.165, 1.54) is 10.4 Å². The SMILES string of the molecule is COc1cc(-c2ccc(N3CCN(S(=O)(=O)c4ccccc4Cl)CC3)nn2)cc(OC)c1OC. The number of anilines is 1. The normalized spacial score (nSPS) is 14.6. The van der Waals surface area contributed by atoms with Gasteiger partial charge in [0.2, 0.25) is 15.8 Å². The fourth-order valence-electron chi connectivity index (χ4n) is 3.83. The molecule has 34 heavy (non-hydrogen) atoms. The number of aromatic nitrogens is 2. The van der Waals surface area contributed by atoms with Crippen molar-refractivity contribution in [3.05, 3.63) is 53.6 Å². The van der Waals surface area contributed by atoms with Crippen molar-refractivity contribution in [3.63, 3.8) is 0 Å². The summed E-state index contributed by atoms with van der Waals surface area (Å²) in [7, 11) is 1.01. The lowest BCUT2D eigenvalue weighted by atomic mass is 10.1. The Morgan fingerprint density at radius 1 is 0.853 bits per heavy atom. The molecule has 2 heterocycles. The highest BCUT2D eigenvalue weighted by Gasteiger charge is 2.30. The summed E-state index contributed by atoms with van der Waals surface area (Å²) in [4.78, 5) is 2.13. The van der Waals surface area contributed by atoms with Crippen LogP contribution in [0.2, 0.25) is 5.02 Å². The molecule has 0 bridgehead atoms.